The Kier molecular flexibility index (Phi) is 9.01. The molecular formula is C22H31ClN4O4. The highest BCUT2D eigenvalue weighted by molar-refractivity contribution is 6.33. The van der Waals surface area contributed by atoms with Gasteiger partial charge in [-0.1, -0.05) is 24.4 Å². The smallest absolute Gasteiger partial charge is 0.159 e. The van der Waals surface area contributed by atoms with E-state index in [0.717, 1.165) is 43.5 Å². The second-order valence-electron chi connectivity index (χ2n) is 7.90. The minimum atomic E-state index is -1.21. The molecule has 0 spiro atoms. The largest absolute Gasteiger partial charge is 0.395 e. The fraction of sp³-hybridized carbons (Fsp3) is 0.545. The molecule has 4 atom stereocenters. The molecule has 1 aliphatic heterocycles. The van der Waals surface area contributed by atoms with E-state index in [9.17, 15) is 20.4 Å². The third-order valence-electron chi connectivity index (χ3n) is 5.70. The molecule has 0 amide bonds. The van der Waals surface area contributed by atoms with Crippen LogP contribution in [0.5, 0.6) is 0 Å². The number of aliphatic hydroxyl groups excluding tert-OH is 4. The molecule has 2 heterocycles. The van der Waals surface area contributed by atoms with Crippen LogP contribution in [0.25, 0.3) is 11.4 Å². The molecule has 0 radical (unpaired) electrons. The Bertz CT molecular complexity index is 813. The molecule has 31 heavy (non-hydrogen) atoms. The molecule has 0 aliphatic carbocycles. The fourth-order valence-corrected chi connectivity index (χ4v) is 4.15. The van der Waals surface area contributed by atoms with Crippen molar-refractivity contribution in [2.75, 3.05) is 31.6 Å². The van der Waals surface area contributed by atoms with Crippen molar-refractivity contribution < 1.29 is 20.4 Å². The lowest BCUT2D eigenvalue weighted by atomic mass is 9.94. The zero-order valence-electron chi connectivity index (χ0n) is 17.4. The molecule has 1 fully saturated rings. The average Bonchev–Trinajstić information content (AvgIpc) is 2.78. The van der Waals surface area contributed by atoms with Crippen molar-refractivity contribution in [2.24, 2.45) is 0 Å². The molecule has 0 saturated carbocycles. The number of nitrogens with zero attached hydrogens (tertiary/aromatic N) is 3. The lowest BCUT2D eigenvalue weighted by molar-refractivity contribution is -0.145. The summed E-state index contributed by atoms with van der Waals surface area (Å²) >= 11 is 6.39. The molecule has 170 valence electrons. The number of piperidine rings is 1. The molecule has 9 heteroatoms. The summed E-state index contributed by atoms with van der Waals surface area (Å²) in [5.74, 6) is 0.641. The van der Waals surface area contributed by atoms with Gasteiger partial charge in [-0.25, -0.2) is 9.97 Å². The zero-order chi connectivity index (χ0) is 22.2. The van der Waals surface area contributed by atoms with Gasteiger partial charge in [0.1, 0.15) is 12.2 Å². The lowest BCUT2D eigenvalue weighted by Crippen LogP contribution is -2.62. The summed E-state index contributed by atoms with van der Waals surface area (Å²) in [6.07, 6.45) is 3.94. The molecule has 1 aliphatic rings. The third-order valence-corrected chi connectivity index (χ3v) is 6.01. The molecule has 0 unspecified atom stereocenters. The Balaban J connectivity index is 1.35. The number of hydrogen-bond donors (Lipinski definition) is 5. The van der Waals surface area contributed by atoms with E-state index in [-0.39, 0.29) is 13.2 Å². The molecule has 3 rings (SSSR count). The summed E-state index contributed by atoms with van der Waals surface area (Å²) in [7, 11) is 0. The van der Waals surface area contributed by atoms with E-state index in [1.807, 2.05) is 23.1 Å². The Morgan fingerprint density at radius 2 is 1.77 bits per heavy atom. The van der Waals surface area contributed by atoms with Gasteiger partial charge in [-0.15, -0.1) is 0 Å². The van der Waals surface area contributed by atoms with Gasteiger partial charge in [0.15, 0.2) is 5.82 Å². The number of aromatic nitrogens is 2. The first-order valence-electron chi connectivity index (χ1n) is 10.7. The van der Waals surface area contributed by atoms with Crippen molar-refractivity contribution in [3.8, 4) is 11.4 Å². The maximum absolute atomic E-state index is 10.0. The van der Waals surface area contributed by atoms with Crippen LogP contribution in [0.1, 0.15) is 25.7 Å². The lowest BCUT2D eigenvalue weighted by Gasteiger charge is -2.43. The molecule has 8 nitrogen and oxygen atoms in total. The zero-order valence-corrected chi connectivity index (χ0v) is 18.2. The monoisotopic (exact) mass is 450 g/mol. The van der Waals surface area contributed by atoms with Gasteiger partial charge in [0.05, 0.1) is 29.5 Å². The number of unbranched alkanes of at least 4 members (excludes halogenated alkanes) is 3. The van der Waals surface area contributed by atoms with Crippen LogP contribution in [0.3, 0.4) is 0 Å². The number of β-amino-alcohol motifs (C(OH)–C–C–N with tert-alkyl or cyclic N) is 1. The van der Waals surface area contributed by atoms with E-state index in [4.69, 9.17) is 11.6 Å². The van der Waals surface area contributed by atoms with Crippen molar-refractivity contribution in [2.45, 2.75) is 50.0 Å². The van der Waals surface area contributed by atoms with Crippen LogP contribution in [-0.4, -0.2) is 85.9 Å². The van der Waals surface area contributed by atoms with E-state index in [2.05, 4.69) is 15.3 Å². The van der Waals surface area contributed by atoms with Crippen LogP contribution in [0.15, 0.2) is 36.7 Å². The predicted octanol–water partition coefficient (Wildman–Crippen LogP) is 1.53. The third kappa shape index (κ3) is 6.35. The van der Waals surface area contributed by atoms with Crippen LogP contribution < -0.4 is 5.32 Å². The second-order valence-corrected chi connectivity index (χ2v) is 8.31. The van der Waals surface area contributed by atoms with Crippen molar-refractivity contribution >= 4 is 17.3 Å². The minimum Gasteiger partial charge on any atom is -0.395 e. The van der Waals surface area contributed by atoms with Crippen LogP contribution in [0.4, 0.5) is 5.69 Å². The van der Waals surface area contributed by atoms with Gasteiger partial charge >= 0.3 is 0 Å². The van der Waals surface area contributed by atoms with Gasteiger partial charge in [0, 0.05) is 31.0 Å². The van der Waals surface area contributed by atoms with E-state index in [1.54, 1.807) is 18.5 Å². The van der Waals surface area contributed by atoms with Gasteiger partial charge in [0.25, 0.3) is 0 Å². The predicted molar refractivity (Wildman–Crippen MR) is 120 cm³/mol. The highest BCUT2D eigenvalue weighted by Crippen LogP contribution is 2.27. The standard InChI is InChI=1S/C22H31ClN4O4/c23-16-12-15(22-25-9-5-10-26-22)6-7-17(16)24-8-3-1-2-4-11-27-13-19(29)21(31)20(30)18(27)14-28/h5-7,9-10,12,18-21,24,28-31H,1-4,8,11,13-14H2/t18-,19+,20-,21-/m1/s1. The number of hydrogen-bond acceptors (Lipinski definition) is 8. The Hall–Kier alpha value is -1.81. The molecule has 1 aromatic carbocycles. The Morgan fingerprint density at radius 3 is 2.48 bits per heavy atom. The molecule has 1 saturated heterocycles. The van der Waals surface area contributed by atoms with E-state index in [1.165, 1.54) is 0 Å². The topological polar surface area (TPSA) is 122 Å². The number of likely N-dealkylation sites (tertiary alicyclic amines) is 1. The SMILES string of the molecule is OC[C@@H]1[C@@H](O)[C@H](O)[C@@H](O)CN1CCCCCCNc1ccc(-c2ncccn2)cc1Cl. The maximum Gasteiger partial charge on any atom is 0.159 e. The molecule has 5 N–H and O–H groups in total. The normalized spacial score (nSPS) is 24.3. The van der Waals surface area contributed by atoms with E-state index < -0.39 is 24.4 Å². The summed E-state index contributed by atoms with van der Waals surface area (Å²) < 4.78 is 0. The average molecular weight is 451 g/mol. The highest BCUT2D eigenvalue weighted by atomic mass is 35.5. The highest BCUT2D eigenvalue weighted by Gasteiger charge is 2.40. The van der Waals surface area contributed by atoms with Crippen molar-refractivity contribution in [1.29, 1.82) is 0 Å². The minimum absolute atomic E-state index is 0.245. The number of aliphatic hydroxyl groups is 4. The number of benzene rings is 1. The first kappa shape index (κ1) is 23.8. The first-order valence-corrected chi connectivity index (χ1v) is 11.1. The van der Waals surface area contributed by atoms with E-state index >= 15 is 0 Å². The van der Waals surface area contributed by atoms with Crippen LogP contribution >= 0.6 is 11.6 Å². The van der Waals surface area contributed by atoms with Crippen molar-refractivity contribution in [3.05, 3.63) is 41.7 Å². The van der Waals surface area contributed by atoms with Gasteiger partial charge < -0.3 is 25.7 Å². The summed E-state index contributed by atoms with van der Waals surface area (Å²) in [5, 5.41) is 43.1. The second kappa shape index (κ2) is 11.7. The van der Waals surface area contributed by atoms with Gasteiger partial charge in [-0.2, -0.15) is 0 Å². The van der Waals surface area contributed by atoms with Gasteiger partial charge in [-0.3, -0.25) is 4.90 Å². The quantitative estimate of drug-likeness (QED) is 0.345. The van der Waals surface area contributed by atoms with Crippen LogP contribution in [-0.2, 0) is 0 Å². The molecular weight excluding hydrogens is 420 g/mol. The van der Waals surface area contributed by atoms with Crippen molar-refractivity contribution in [3.63, 3.8) is 0 Å². The van der Waals surface area contributed by atoms with Crippen LogP contribution in [0, 0.1) is 0 Å². The fourth-order valence-electron chi connectivity index (χ4n) is 3.90. The molecule has 0 bridgehead atoms. The van der Waals surface area contributed by atoms with Gasteiger partial charge in [-0.05, 0) is 43.7 Å². The molecule has 1 aromatic heterocycles. The van der Waals surface area contributed by atoms with Crippen molar-refractivity contribution in [1.82, 2.24) is 14.9 Å². The summed E-state index contributed by atoms with van der Waals surface area (Å²) in [4.78, 5) is 10.3. The summed E-state index contributed by atoms with van der Waals surface area (Å²) in [6.45, 7) is 1.47. The number of rotatable bonds is 10. The van der Waals surface area contributed by atoms with Crippen LogP contribution in [0.2, 0.25) is 5.02 Å². The Morgan fingerprint density at radius 1 is 1.03 bits per heavy atom. The summed E-state index contributed by atoms with van der Waals surface area (Å²) in [5.41, 5.74) is 1.75. The summed E-state index contributed by atoms with van der Waals surface area (Å²) in [6, 6.07) is 6.97. The number of nitrogens with one attached hydrogen (secondary N) is 1. The molecule has 2 aromatic rings. The first-order chi connectivity index (χ1) is 15.0. The van der Waals surface area contributed by atoms with E-state index in [0.29, 0.717) is 17.4 Å². The van der Waals surface area contributed by atoms with Gasteiger partial charge in [0.2, 0.25) is 0 Å². The maximum atomic E-state index is 10.0. The number of anilines is 1. The Labute approximate surface area is 187 Å². The number of halogens is 1.